The molecule has 0 spiro atoms. The molecule has 0 aliphatic heterocycles. The summed E-state index contributed by atoms with van der Waals surface area (Å²) >= 11 is 5.17. The molecule has 3 nitrogen and oxygen atoms in total. The molecule has 1 heterocycles. The molecular formula is C12H12N2OS. The van der Waals surface area contributed by atoms with Crippen molar-refractivity contribution in [2.45, 2.75) is 6.92 Å². The van der Waals surface area contributed by atoms with Gasteiger partial charge in [0, 0.05) is 18.0 Å². The van der Waals surface area contributed by atoms with Crippen molar-refractivity contribution >= 4 is 12.2 Å². The van der Waals surface area contributed by atoms with E-state index >= 15 is 0 Å². The van der Waals surface area contributed by atoms with Gasteiger partial charge in [-0.05, 0) is 31.2 Å². The zero-order chi connectivity index (χ0) is 11.4. The summed E-state index contributed by atoms with van der Waals surface area (Å²) in [7, 11) is 0. The van der Waals surface area contributed by atoms with Gasteiger partial charge in [-0.25, -0.2) is 0 Å². The van der Waals surface area contributed by atoms with Crippen LogP contribution in [-0.4, -0.2) is 16.6 Å². The van der Waals surface area contributed by atoms with Crippen molar-refractivity contribution in [2.75, 3.05) is 6.61 Å². The van der Waals surface area contributed by atoms with Gasteiger partial charge in [-0.15, -0.1) is 0 Å². The maximum Gasteiger partial charge on any atom is 0.129 e. The van der Waals surface area contributed by atoms with E-state index in [4.69, 9.17) is 17.0 Å². The predicted molar refractivity (Wildman–Crippen MR) is 66.0 cm³/mol. The molecule has 0 atom stereocenters. The lowest BCUT2D eigenvalue weighted by Crippen LogP contribution is -1.91. The molecule has 0 unspecified atom stereocenters. The van der Waals surface area contributed by atoms with Crippen molar-refractivity contribution < 1.29 is 4.74 Å². The van der Waals surface area contributed by atoms with E-state index in [1.807, 2.05) is 31.2 Å². The fourth-order valence-electron chi connectivity index (χ4n) is 1.43. The Morgan fingerprint density at radius 2 is 2.06 bits per heavy atom. The summed E-state index contributed by atoms with van der Waals surface area (Å²) in [4.78, 5) is 7.21. The molecule has 0 bridgehead atoms. The highest BCUT2D eigenvalue weighted by molar-refractivity contribution is 7.71. The van der Waals surface area contributed by atoms with Crippen molar-refractivity contribution in [3.05, 3.63) is 41.3 Å². The SMILES string of the molecule is CCOc1ccc(-c2ncc[nH]c2=S)cc1. The zero-order valence-corrected chi connectivity index (χ0v) is 9.75. The van der Waals surface area contributed by atoms with E-state index in [0.717, 1.165) is 17.0 Å². The molecule has 0 aliphatic carbocycles. The van der Waals surface area contributed by atoms with Crippen LogP contribution in [0.2, 0.25) is 0 Å². The van der Waals surface area contributed by atoms with Crippen LogP contribution >= 0.6 is 12.2 Å². The van der Waals surface area contributed by atoms with Crippen molar-refractivity contribution in [3.8, 4) is 17.0 Å². The second-order valence-corrected chi connectivity index (χ2v) is 3.63. The predicted octanol–water partition coefficient (Wildman–Crippen LogP) is 3.20. The molecule has 0 saturated heterocycles. The molecule has 0 amide bonds. The molecule has 1 N–H and O–H groups in total. The van der Waals surface area contributed by atoms with Gasteiger partial charge in [0.15, 0.2) is 0 Å². The third-order valence-corrected chi connectivity index (χ3v) is 2.46. The maximum atomic E-state index is 5.37. The van der Waals surface area contributed by atoms with Crippen LogP contribution in [0, 0.1) is 4.64 Å². The molecular weight excluding hydrogens is 220 g/mol. The molecule has 4 heteroatoms. The molecule has 2 rings (SSSR count). The van der Waals surface area contributed by atoms with Gasteiger partial charge >= 0.3 is 0 Å². The number of rotatable bonds is 3. The third-order valence-electron chi connectivity index (χ3n) is 2.15. The molecule has 16 heavy (non-hydrogen) atoms. The Morgan fingerprint density at radius 1 is 1.31 bits per heavy atom. The summed E-state index contributed by atoms with van der Waals surface area (Å²) in [5.41, 5.74) is 1.78. The Hall–Kier alpha value is -1.68. The smallest absolute Gasteiger partial charge is 0.129 e. The Balaban J connectivity index is 2.35. The van der Waals surface area contributed by atoms with E-state index in [1.54, 1.807) is 12.4 Å². The molecule has 82 valence electrons. The van der Waals surface area contributed by atoms with Crippen molar-refractivity contribution in [2.24, 2.45) is 0 Å². The van der Waals surface area contributed by atoms with E-state index in [2.05, 4.69) is 9.97 Å². The van der Waals surface area contributed by atoms with Crippen LogP contribution in [0.3, 0.4) is 0 Å². The summed E-state index contributed by atoms with van der Waals surface area (Å²) in [6, 6.07) is 7.75. The number of nitrogens with one attached hydrogen (secondary N) is 1. The lowest BCUT2D eigenvalue weighted by atomic mass is 10.1. The van der Waals surface area contributed by atoms with Gasteiger partial charge in [-0.1, -0.05) is 12.2 Å². The number of ether oxygens (including phenoxy) is 1. The first-order chi connectivity index (χ1) is 7.81. The number of H-pyrrole nitrogens is 1. The van der Waals surface area contributed by atoms with E-state index in [0.29, 0.717) is 11.2 Å². The monoisotopic (exact) mass is 232 g/mol. The molecule has 0 radical (unpaired) electrons. The summed E-state index contributed by atoms with van der Waals surface area (Å²) in [6.45, 7) is 2.63. The lowest BCUT2D eigenvalue weighted by Gasteiger charge is -2.04. The minimum atomic E-state index is 0.645. The van der Waals surface area contributed by atoms with Gasteiger partial charge < -0.3 is 9.72 Å². The van der Waals surface area contributed by atoms with Crippen LogP contribution in [0.4, 0.5) is 0 Å². The van der Waals surface area contributed by atoms with Gasteiger partial charge in [0.25, 0.3) is 0 Å². The standard InChI is InChI=1S/C12H12N2OS/c1-2-15-10-5-3-9(4-6-10)11-12(16)14-8-7-13-11/h3-8H,2H2,1H3,(H,14,16). The number of hydrogen-bond acceptors (Lipinski definition) is 3. The normalized spacial score (nSPS) is 10.1. The number of aromatic nitrogens is 2. The Bertz CT molecular complexity index is 519. The quantitative estimate of drug-likeness (QED) is 0.826. The van der Waals surface area contributed by atoms with Crippen molar-refractivity contribution in [1.29, 1.82) is 0 Å². The van der Waals surface area contributed by atoms with Gasteiger partial charge in [-0.3, -0.25) is 4.98 Å². The summed E-state index contributed by atoms with van der Waals surface area (Å²) < 4.78 is 6.02. The van der Waals surface area contributed by atoms with Crippen LogP contribution in [0.25, 0.3) is 11.3 Å². The van der Waals surface area contributed by atoms with Gasteiger partial charge in [0.1, 0.15) is 16.1 Å². The number of benzene rings is 1. The van der Waals surface area contributed by atoms with Crippen molar-refractivity contribution in [1.82, 2.24) is 9.97 Å². The minimum absolute atomic E-state index is 0.645. The highest BCUT2D eigenvalue weighted by Gasteiger charge is 2.01. The zero-order valence-electron chi connectivity index (χ0n) is 8.93. The van der Waals surface area contributed by atoms with Crippen molar-refractivity contribution in [3.63, 3.8) is 0 Å². The highest BCUT2D eigenvalue weighted by atomic mass is 32.1. The highest BCUT2D eigenvalue weighted by Crippen LogP contribution is 2.20. The number of nitrogens with zero attached hydrogens (tertiary/aromatic N) is 1. The Morgan fingerprint density at radius 3 is 2.69 bits per heavy atom. The van der Waals surface area contributed by atoms with E-state index in [1.165, 1.54) is 0 Å². The van der Waals surface area contributed by atoms with E-state index in [-0.39, 0.29) is 0 Å². The second-order valence-electron chi connectivity index (χ2n) is 3.22. The van der Waals surface area contributed by atoms with Gasteiger partial charge in [-0.2, -0.15) is 0 Å². The van der Waals surface area contributed by atoms with E-state index < -0.39 is 0 Å². The van der Waals surface area contributed by atoms with Crippen LogP contribution in [0.15, 0.2) is 36.7 Å². The minimum Gasteiger partial charge on any atom is -0.494 e. The Labute approximate surface area is 99.1 Å². The molecule has 0 fully saturated rings. The van der Waals surface area contributed by atoms with Crippen LogP contribution < -0.4 is 4.74 Å². The van der Waals surface area contributed by atoms with Gasteiger partial charge in [0.2, 0.25) is 0 Å². The number of hydrogen-bond donors (Lipinski definition) is 1. The fourth-order valence-corrected chi connectivity index (χ4v) is 1.67. The third kappa shape index (κ3) is 2.28. The average molecular weight is 232 g/mol. The molecule has 0 saturated carbocycles. The summed E-state index contributed by atoms with van der Waals surface area (Å²) in [6.07, 6.45) is 3.42. The topological polar surface area (TPSA) is 37.9 Å². The maximum absolute atomic E-state index is 5.37. The first-order valence-electron chi connectivity index (χ1n) is 5.08. The molecule has 1 aromatic carbocycles. The molecule has 2 aromatic rings. The second kappa shape index (κ2) is 4.90. The molecule has 1 aromatic heterocycles. The first kappa shape index (κ1) is 10.8. The van der Waals surface area contributed by atoms with Crippen LogP contribution in [0.5, 0.6) is 5.75 Å². The average Bonchev–Trinajstić information content (AvgIpc) is 2.31. The first-order valence-corrected chi connectivity index (χ1v) is 5.49. The van der Waals surface area contributed by atoms with Crippen LogP contribution in [-0.2, 0) is 0 Å². The number of aromatic amines is 1. The molecule has 0 aliphatic rings. The summed E-state index contributed by atoms with van der Waals surface area (Å²) in [5, 5.41) is 0. The van der Waals surface area contributed by atoms with Crippen LogP contribution in [0.1, 0.15) is 6.92 Å². The largest absolute Gasteiger partial charge is 0.494 e. The van der Waals surface area contributed by atoms with Gasteiger partial charge in [0.05, 0.1) is 6.61 Å². The fraction of sp³-hybridized carbons (Fsp3) is 0.167. The summed E-state index contributed by atoms with van der Waals surface area (Å²) in [5.74, 6) is 0.858. The van der Waals surface area contributed by atoms with E-state index in [9.17, 15) is 0 Å². The Kier molecular flexibility index (Phi) is 3.31. The lowest BCUT2D eigenvalue weighted by molar-refractivity contribution is 0.340.